The standard InChI is InChI=1S/C62H78Si2/c1-11-17-21-25-39-61(40-26-22-18-12-2)57-45-49(15-5)29-33-53(57)55-35-31-51(47-59(55)61)37-43-63(7,8)64(9,10)44-38-52-32-36-56-54-34-30-50(16-6)46-58(54)62(60(56)48-52,41-27-23-19-13-3)42-28-24-20-14-4/h5-6,29-36,45-48H,11-14,17-28,39-42H2,1-4,7-10H3. The number of terminal acetylenes is 2. The lowest BCUT2D eigenvalue weighted by molar-refractivity contribution is 0.401. The van der Waals surface area contributed by atoms with Crippen LogP contribution in [0.3, 0.4) is 0 Å². The Kier molecular flexibility index (Phi) is 17.0. The van der Waals surface area contributed by atoms with Crippen molar-refractivity contribution in [3.63, 3.8) is 0 Å². The predicted octanol–water partition coefficient (Wildman–Crippen LogP) is 17.0. The molecule has 2 heteroatoms. The van der Waals surface area contributed by atoms with E-state index in [1.165, 1.54) is 173 Å². The highest BCUT2D eigenvalue weighted by atomic mass is 29.3. The van der Waals surface area contributed by atoms with Gasteiger partial charge < -0.3 is 0 Å². The third-order valence-corrected chi connectivity index (χ3v) is 30.2. The Hall–Kier alpha value is -4.45. The lowest BCUT2D eigenvalue weighted by Crippen LogP contribution is -2.53. The molecule has 0 atom stereocenters. The maximum Gasteiger partial charge on any atom is 0.138 e. The molecule has 0 fully saturated rings. The van der Waals surface area contributed by atoms with Gasteiger partial charge in [0.2, 0.25) is 0 Å². The molecule has 334 valence electrons. The molecule has 0 spiro atoms. The van der Waals surface area contributed by atoms with Crippen LogP contribution in [0.25, 0.3) is 22.3 Å². The van der Waals surface area contributed by atoms with Crippen molar-refractivity contribution in [3.05, 3.63) is 117 Å². The quantitative estimate of drug-likeness (QED) is 0.0444. The normalized spacial score (nSPS) is 13.9. The summed E-state index contributed by atoms with van der Waals surface area (Å²) in [6, 6.07) is 27.8. The Morgan fingerprint density at radius 3 is 0.906 bits per heavy atom. The first-order valence-electron chi connectivity index (χ1n) is 25.5. The first-order valence-corrected chi connectivity index (χ1v) is 32.5. The molecule has 4 aromatic carbocycles. The molecule has 0 N–H and O–H groups in total. The number of fused-ring (bicyclic) bond motifs is 6. The Morgan fingerprint density at radius 1 is 0.375 bits per heavy atom. The molecule has 6 rings (SSSR count). The van der Waals surface area contributed by atoms with Gasteiger partial charge in [-0.25, -0.2) is 0 Å². The maximum absolute atomic E-state index is 6.04. The Morgan fingerprint density at radius 2 is 0.641 bits per heavy atom. The van der Waals surface area contributed by atoms with Gasteiger partial charge >= 0.3 is 0 Å². The Labute approximate surface area is 393 Å². The lowest BCUT2D eigenvalue weighted by Gasteiger charge is -2.33. The highest BCUT2D eigenvalue weighted by Gasteiger charge is 2.44. The summed E-state index contributed by atoms with van der Waals surface area (Å²) in [5, 5.41) is 0. The van der Waals surface area contributed by atoms with Crippen LogP contribution >= 0.6 is 0 Å². The number of hydrogen-bond donors (Lipinski definition) is 0. The molecule has 0 aliphatic heterocycles. The number of rotatable bonds is 21. The lowest BCUT2D eigenvalue weighted by atomic mass is 9.70. The van der Waals surface area contributed by atoms with E-state index in [2.05, 4.69) is 161 Å². The second-order valence-electron chi connectivity index (χ2n) is 20.5. The molecule has 0 heterocycles. The van der Waals surface area contributed by atoms with E-state index in [0.717, 1.165) is 22.3 Å². The van der Waals surface area contributed by atoms with Crippen molar-refractivity contribution in [2.45, 2.75) is 193 Å². The third-order valence-electron chi connectivity index (χ3n) is 15.5. The van der Waals surface area contributed by atoms with E-state index in [1.54, 1.807) is 0 Å². The van der Waals surface area contributed by atoms with Gasteiger partial charge in [-0.05, 0) is 119 Å². The SMILES string of the molecule is C#Cc1ccc2c(c1)C(CCCCCC)(CCCCCC)c1cc(C#C[Si](C)(C)[Si](C)(C)C#Cc3ccc4c(c3)C(CCCCCC)(CCCCCC)c3cc(C#C)ccc3-4)ccc1-2. The molecule has 0 unspecified atom stereocenters. The zero-order valence-electron chi connectivity index (χ0n) is 41.2. The van der Waals surface area contributed by atoms with Crippen LogP contribution in [0.1, 0.15) is 201 Å². The summed E-state index contributed by atoms with van der Waals surface area (Å²) < 4.78 is 0. The fourth-order valence-electron chi connectivity index (χ4n) is 10.8. The smallest absolute Gasteiger partial charge is 0.128 e. The minimum atomic E-state index is -2.06. The van der Waals surface area contributed by atoms with Crippen LogP contribution in [-0.4, -0.2) is 15.2 Å². The molecule has 4 aromatic rings. The van der Waals surface area contributed by atoms with Gasteiger partial charge in [0.15, 0.2) is 0 Å². The fraction of sp³-hybridized carbons (Fsp3) is 0.484. The molecule has 0 bridgehead atoms. The second kappa shape index (κ2) is 22.2. The highest BCUT2D eigenvalue weighted by molar-refractivity contribution is 7.46. The predicted molar refractivity (Wildman–Crippen MR) is 285 cm³/mol. The average Bonchev–Trinajstić information content (AvgIpc) is 3.72. The first kappa shape index (κ1) is 49.0. The minimum absolute atomic E-state index is 0.0213. The van der Waals surface area contributed by atoms with Crippen molar-refractivity contribution in [1.82, 2.24) is 0 Å². The van der Waals surface area contributed by atoms with Crippen LogP contribution in [-0.2, 0) is 10.8 Å². The van der Waals surface area contributed by atoms with Gasteiger partial charge in [-0.3, -0.25) is 0 Å². The highest BCUT2D eigenvalue weighted by Crippen LogP contribution is 2.56. The third kappa shape index (κ3) is 10.5. The zero-order chi connectivity index (χ0) is 45.8. The molecule has 0 nitrogen and oxygen atoms in total. The molecule has 2 aliphatic carbocycles. The van der Waals surface area contributed by atoms with Crippen molar-refractivity contribution in [1.29, 1.82) is 0 Å². The van der Waals surface area contributed by atoms with Gasteiger partial charge in [0, 0.05) is 33.1 Å². The summed E-state index contributed by atoms with van der Waals surface area (Å²) in [6.07, 6.45) is 36.9. The summed E-state index contributed by atoms with van der Waals surface area (Å²) in [5.41, 5.74) is 23.6. The van der Waals surface area contributed by atoms with Crippen molar-refractivity contribution in [2.24, 2.45) is 0 Å². The molecule has 0 saturated heterocycles. The van der Waals surface area contributed by atoms with Crippen LogP contribution in [0.4, 0.5) is 0 Å². The van der Waals surface area contributed by atoms with Gasteiger partial charge in [0.25, 0.3) is 0 Å². The minimum Gasteiger partial charge on any atom is -0.128 e. The van der Waals surface area contributed by atoms with Crippen molar-refractivity contribution in [3.8, 4) is 69.9 Å². The summed E-state index contributed by atoms with van der Waals surface area (Å²) in [4.78, 5) is 0. The molecular weight excluding hydrogens is 801 g/mol. The molecule has 0 saturated carbocycles. The van der Waals surface area contributed by atoms with Gasteiger partial charge in [-0.15, -0.1) is 23.9 Å². The number of unbranched alkanes of at least 4 members (excludes halogenated alkanes) is 12. The fourth-order valence-corrected chi connectivity index (χ4v) is 14.6. The zero-order valence-corrected chi connectivity index (χ0v) is 43.2. The molecule has 2 aliphatic rings. The van der Waals surface area contributed by atoms with E-state index in [-0.39, 0.29) is 10.8 Å². The van der Waals surface area contributed by atoms with Crippen LogP contribution in [0.2, 0.25) is 26.2 Å². The van der Waals surface area contributed by atoms with E-state index in [9.17, 15) is 0 Å². The topological polar surface area (TPSA) is 0 Å². The van der Waals surface area contributed by atoms with Crippen LogP contribution in [0, 0.1) is 47.6 Å². The summed E-state index contributed by atoms with van der Waals surface area (Å²) in [7, 11) is -4.13. The van der Waals surface area contributed by atoms with Gasteiger partial charge in [0.1, 0.15) is 15.2 Å². The van der Waals surface area contributed by atoms with Crippen LogP contribution in [0.15, 0.2) is 72.8 Å². The molecular formula is C62H78Si2. The van der Waals surface area contributed by atoms with E-state index in [0.29, 0.717) is 0 Å². The molecule has 64 heavy (non-hydrogen) atoms. The first-order chi connectivity index (χ1) is 30.9. The van der Waals surface area contributed by atoms with E-state index in [1.807, 2.05) is 0 Å². The van der Waals surface area contributed by atoms with E-state index < -0.39 is 15.2 Å². The van der Waals surface area contributed by atoms with E-state index in [4.69, 9.17) is 12.8 Å². The average molecular weight is 879 g/mol. The van der Waals surface area contributed by atoms with Crippen molar-refractivity contribution in [2.75, 3.05) is 0 Å². The monoisotopic (exact) mass is 879 g/mol. The summed E-state index contributed by atoms with van der Waals surface area (Å²) in [5.74, 6) is 13.6. The second-order valence-corrected chi connectivity index (χ2v) is 35.0. The maximum atomic E-state index is 6.04. The Bertz CT molecular complexity index is 2260. The van der Waals surface area contributed by atoms with Crippen molar-refractivity contribution >= 4 is 15.2 Å². The molecule has 0 aromatic heterocycles. The molecule has 0 amide bonds. The Balaban J connectivity index is 1.34. The van der Waals surface area contributed by atoms with Crippen molar-refractivity contribution < 1.29 is 0 Å². The van der Waals surface area contributed by atoms with Gasteiger partial charge in [-0.1, -0.05) is 205 Å². The summed E-state index contributed by atoms with van der Waals surface area (Å²) in [6.45, 7) is 19.1. The van der Waals surface area contributed by atoms with Gasteiger partial charge in [0.05, 0.1) is 0 Å². The molecule has 0 radical (unpaired) electrons. The summed E-state index contributed by atoms with van der Waals surface area (Å²) >= 11 is 0. The van der Waals surface area contributed by atoms with Gasteiger partial charge in [-0.2, -0.15) is 0 Å². The number of hydrogen-bond acceptors (Lipinski definition) is 0. The largest absolute Gasteiger partial charge is 0.138 e. The van der Waals surface area contributed by atoms with Crippen LogP contribution < -0.4 is 0 Å². The van der Waals surface area contributed by atoms with Crippen LogP contribution in [0.5, 0.6) is 0 Å². The van der Waals surface area contributed by atoms with E-state index >= 15 is 0 Å². The number of benzene rings is 4.